The van der Waals surface area contributed by atoms with E-state index in [1.807, 2.05) is 13.8 Å². The van der Waals surface area contributed by atoms with Crippen molar-refractivity contribution in [3.63, 3.8) is 0 Å². The average Bonchev–Trinajstić information content (AvgIpc) is 3.19. The average molecular weight is 265 g/mol. The van der Waals surface area contributed by atoms with E-state index in [0.29, 0.717) is 11.7 Å². The van der Waals surface area contributed by atoms with Gasteiger partial charge in [0.1, 0.15) is 5.82 Å². The van der Waals surface area contributed by atoms with Crippen molar-refractivity contribution < 1.29 is 9.18 Å². The van der Waals surface area contributed by atoms with Crippen LogP contribution in [0.3, 0.4) is 0 Å². The number of nitrogen functional groups attached to an aromatic ring is 1. The van der Waals surface area contributed by atoms with Gasteiger partial charge in [0.15, 0.2) is 0 Å². The molecule has 1 aromatic rings. The number of hydrogen-bond donors (Lipinski definition) is 2. The predicted octanol–water partition coefficient (Wildman–Crippen LogP) is 2.22. The van der Waals surface area contributed by atoms with E-state index in [0.717, 1.165) is 19.4 Å². The topological polar surface area (TPSA) is 58.4 Å². The first-order chi connectivity index (χ1) is 9.02. The Morgan fingerprint density at radius 1 is 1.58 bits per heavy atom. The van der Waals surface area contributed by atoms with Crippen LogP contribution in [0, 0.1) is 5.82 Å². The molecule has 1 aliphatic carbocycles. The number of carbonyl (C=O) groups excluding carboxylic acids is 1. The lowest BCUT2D eigenvalue weighted by molar-refractivity contribution is -0.120. The second-order valence-corrected chi connectivity index (χ2v) is 4.97. The number of amides is 1. The third-order valence-corrected chi connectivity index (χ3v) is 3.51. The molecular weight excluding hydrogens is 245 g/mol. The quantitative estimate of drug-likeness (QED) is 0.803. The predicted molar refractivity (Wildman–Crippen MR) is 74.3 cm³/mol. The number of likely N-dealkylation sites (N-methyl/N-ethyl adjacent to an activating group) is 1. The van der Waals surface area contributed by atoms with Crippen molar-refractivity contribution in [1.82, 2.24) is 4.90 Å². The van der Waals surface area contributed by atoms with Gasteiger partial charge in [-0.25, -0.2) is 4.39 Å². The Labute approximate surface area is 112 Å². The van der Waals surface area contributed by atoms with E-state index in [4.69, 9.17) is 5.73 Å². The number of nitrogens with zero attached hydrogens (tertiary/aromatic N) is 1. The fourth-order valence-corrected chi connectivity index (χ4v) is 2.28. The maximum atomic E-state index is 13.6. The maximum absolute atomic E-state index is 13.6. The van der Waals surface area contributed by atoms with Gasteiger partial charge in [-0.05, 0) is 44.5 Å². The summed E-state index contributed by atoms with van der Waals surface area (Å²) in [7, 11) is 0. The number of anilines is 2. The highest BCUT2D eigenvalue weighted by Gasteiger charge is 2.33. The first kappa shape index (κ1) is 13.8. The molecule has 0 aliphatic heterocycles. The van der Waals surface area contributed by atoms with E-state index in [9.17, 15) is 9.18 Å². The third kappa shape index (κ3) is 3.23. The van der Waals surface area contributed by atoms with Crippen molar-refractivity contribution in [2.24, 2.45) is 0 Å². The summed E-state index contributed by atoms with van der Waals surface area (Å²) in [5.74, 6) is -0.664. The molecule has 0 radical (unpaired) electrons. The summed E-state index contributed by atoms with van der Waals surface area (Å²) in [6.45, 7) is 4.70. The van der Waals surface area contributed by atoms with Crippen molar-refractivity contribution in [1.29, 1.82) is 0 Å². The van der Waals surface area contributed by atoms with Gasteiger partial charge >= 0.3 is 0 Å². The van der Waals surface area contributed by atoms with Crippen LogP contribution >= 0.6 is 0 Å². The van der Waals surface area contributed by atoms with Crippen LogP contribution in [0.25, 0.3) is 0 Å². The highest BCUT2D eigenvalue weighted by Crippen LogP contribution is 2.28. The summed E-state index contributed by atoms with van der Waals surface area (Å²) in [6, 6.07) is 4.40. The number of halogens is 1. The van der Waals surface area contributed by atoms with Crippen LogP contribution in [0.15, 0.2) is 18.2 Å². The Balaban J connectivity index is 2.05. The second kappa shape index (κ2) is 5.57. The summed E-state index contributed by atoms with van der Waals surface area (Å²) < 4.78 is 13.6. The van der Waals surface area contributed by atoms with E-state index in [2.05, 4.69) is 10.2 Å². The number of benzene rings is 1. The molecule has 1 amide bonds. The number of nitrogens with one attached hydrogen (secondary N) is 1. The highest BCUT2D eigenvalue weighted by molar-refractivity contribution is 5.95. The molecule has 2 rings (SSSR count). The Hall–Kier alpha value is -1.62. The Morgan fingerprint density at radius 2 is 2.26 bits per heavy atom. The highest BCUT2D eigenvalue weighted by atomic mass is 19.1. The molecule has 3 N–H and O–H groups in total. The summed E-state index contributed by atoms with van der Waals surface area (Å²) in [4.78, 5) is 14.3. The molecule has 19 heavy (non-hydrogen) atoms. The summed E-state index contributed by atoms with van der Waals surface area (Å²) in [5, 5.41) is 2.61. The van der Waals surface area contributed by atoms with E-state index < -0.39 is 5.82 Å². The van der Waals surface area contributed by atoms with E-state index in [-0.39, 0.29) is 17.6 Å². The lowest BCUT2D eigenvalue weighted by atomic mass is 10.2. The zero-order valence-electron chi connectivity index (χ0n) is 11.3. The van der Waals surface area contributed by atoms with Gasteiger partial charge in [0, 0.05) is 11.7 Å². The molecule has 1 aromatic carbocycles. The first-order valence-electron chi connectivity index (χ1n) is 6.64. The minimum Gasteiger partial charge on any atom is -0.399 e. The minimum atomic E-state index is -0.468. The van der Waals surface area contributed by atoms with E-state index in [1.54, 1.807) is 0 Å². The van der Waals surface area contributed by atoms with Crippen molar-refractivity contribution in [3.05, 3.63) is 24.0 Å². The Kier molecular flexibility index (Phi) is 4.04. The first-order valence-corrected chi connectivity index (χ1v) is 6.64. The van der Waals surface area contributed by atoms with Gasteiger partial charge in [0.25, 0.3) is 0 Å². The van der Waals surface area contributed by atoms with Gasteiger partial charge in [-0.1, -0.05) is 6.92 Å². The third-order valence-electron chi connectivity index (χ3n) is 3.51. The van der Waals surface area contributed by atoms with Gasteiger partial charge < -0.3 is 11.1 Å². The molecule has 0 aromatic heterocycles. The summed E-state index contributed by atoms with van der Waals surface area (Å²) in [6.07, 6.45) is 2.27. The van der Waals surface area contributed by atoms with Crippen LogP contribution < -0.4 is 11.1 Å². The Bertz CT molecular complexity index is 474. The molecule has 1 saturated carbocycles. The van der Waals surface area contributed by atoms with Crippen molar-refractivity contribution >= 4 is 17.3 Å². The molecular formula is C14H20FN3O. The van der Waals surface area contributed by atoms with Crippen LogP contribution in [-0.4, -0.2) is 29.4 Å². The largest absolute Gasteiger partial charge is 0.399 e. The van der Waals surface area contributed by atoms with Gasteiger partial charge in [-0.2, -0.15) is 0 Å². The van der Waals surface area contributed by atoms with Gasteiger partial charge in [-0.15, -0.1) is 0 Å². The molecule has 0 saturated heterocycles. The molecule has 4 nitrogen and oxygen atoms in total. The van der Waals surface area contributed by atoms with Crippen LogP contribution in [0.2, 0.25) is 0 Å². The Morgan fingerprint density at radius 3 is 2.84 bits per heavy atom. The molecule has 1 unspecified atom stereocenters. The van der Waals surface area contributed by atoms with E-state index >= 15 is 0 Å². The SMILES string of the molecule is CCN(C1CC1)C(C)C(=O)Nc1cc(N)ccc1F. The van der Waals surface area contributed by atoms with Crippen LogP contribution in [0.4, 0.5) is 15.8 Å². The monoisotopic (exact) mass is 265 g/mol. The molecule has 1 aliphatic rings. The molecule has 0 bridgehead atoms. The second-order valence-electron chi connectivity index (χ2n) is 4.97. The number of hydrogen-bond acceptors (Lipinski definition) is 3. The molecule has 5 heteroatoms. The zero-order valence-corrected chi connectivity index (χ0v) is 11.3. The zero-order chi connectivity index (χ0) is 14.0. The van der Waals surface area contributed by atoms with Crippen molar-refractivity contribution in [2.75, 3.05) is 17.6 Å². The number of nitrogens with two attached hydrogens (primary N) is 1. The number of carbonyl (C=O) groups is 1. The van der Waals surface area contributed by atoms with Crippen molar-refractivity contribution in [2.45, 2.75) is 38.8 Å². The maximum Gasteiger partial charge on any atom is 0.241 e. The standard InChI is InChI=1S/C14H20FN3O/c1-3-18(11-5-6-11)9(2)14(19)17-13-8-10(16)4-7-12(13)15/h4,7-9,11H,3,5-6,16H2,1-2H3,(H,17,19). The van der Waals surface area contributed by atoms with E-state index in [1.165, 1.54) is 18.2 Å². The molecule has 104 valence electrons. The molecule has 0 spiro atoms. The van der Waals surface area contributed by atoms with Gasteiger partial charge in [0.2, 0.25) is 5.91 Å². The molecule has 1 fully saturated rings. The van der Waals surface area contributed by atoms with Crippen LogP contribution in [0.1, 0.15) is 26.7 Å². The smallest absolute Gasteiger partial charge is 0.241 e. The minimum absolute atomic E-state index is 0.142. The normalized spacial score (nSPS) is 16.4. The fourth-order valence-electron chi connectivity index (χ4n) is 2.28. The molecule has 0 heterocycles. The van der Waals surface area contributed by atoms with Crippen LogP contribution in [-0.2, 0) is 4.79 Å². The van der Waals surface area contributed by atoms with Crippen LogP contribution in [0.5, 0.6) is 0 Å². The summed E-state index contributed by atoms with van der Waals surface area (Å²) >= 11 is 0. The fraction of sp³-hybridized carbons (Fsp3) is 0.500. The number of rotatable bonds is 5. The van der Waals surface area contributed by atoms with Crippen molar-refractivity contribution in [3.8, 4) is 0 Å². The summed E-state index contributed by atoms with van der Waals surface area (Å²) in [5.41, 5.74) is 6.17. The molecule has 1 atom stereocenters. The lowest BCUT2D eigenvalue weighted by Gasteiger charge is -2.26. The van der Waals surface area contributed by atoms with Gasteiger partial charge in [0.05, 0.1) is 11.7 Å². The van der Waals surface area contributed by atoms with Gasteiger partial charge in [-0.3, -0.25) is 9.69 Å². The lowest BCUT2D eigenvalue weighted by Crippen LogP contribution is -2.43.